The van der Waals surface area contributed by atoms with E-state index in [0.29, 0.717) is 12.5 Å². The van der Waals surface area contributed by atoms with Crippen molar-refractivity contribution in [1.82, 2.24) is 5.32 Å². The lowest BCUT2D eigenvalue weighted by atomic mass is 9.89. The Morgan fingerprint density at radius 1 is 1.77 bits per heavy atom. The van der Waals surface area contributed by atoms with Gasteiger partial charge in [0.15, 0.2) is 0 Å². The summed E-state index contributed by atoms with van der Waals surface area (Å²) >= 11 is 0. The summed E-state index contributed by atoms with van der Waals surface area (Å²) in [6.07, 6.45) is 2.08. The van der Waals surface area contributed by atoms with Crippen LogP contribution in [0.5, 0.6) is 0 Å². The van der Waals surface area contributed by atoms with Crippen LogP contribution >= 0.6 is 0 Å². The fourth-order valence-electron chi connectivity index (χ4n) is 2.15. The van der Waals surface area contributed by atoms with Crippen LogP contribution in [0.25, 0.3) is 0 Å². The maximum Gasteiger partial charge on any atom is 0.405 e. The van der Waals surface area contributed by atoms with Crippen molar-refractivity contribution in [3.05, 3.63) is 0 Å². The molecule has 76 valence electrons. The maximum atomic E-state index is 10.6. The molecule has 1 aliphatic carbocycles. The molecule has 0 aromatic heterocycles. The first-order valence-electron chi connectivity index (χ1n) is 4.61. The molecule has 1 fully saturated rings. The first-order chi connectivity index (χ1) is 6.10. The maximum absolute atomic E-state index is 10.6. The van der Waals surface area contributed by atoms with Crippen molar-refractivity contribution in [3.8, 4) is 0 Å². The van der Waals surface area contributed by atoms with Crippen LogP contribution in [0, 0.1) is 5.92 Å². The minimum Gasteiger partial charge on any atom is -0.465 e. The molecule has 0 spiro atoms. The van der Waals surface area contributed by atoms with Gasteiger partial charge in [-0.15, -0.1) is 0 Å². The zero-order valence-electron chi connectivity index (χ0n) is 8.17. The van der Waals surface area contributed by atoms with Gasteiger partial charge in [-0.3, -0.25) is 0 Å². The van der Waals surface area contributed by atoms with E-state index in [1.165, 1.54) is 0 Å². The number of hydrogen-bond acceptors (Lipinski definition) is 2. The quantitative estimate of drug-likeness (QED) is 0.703. The molecule has 0 heterocycles. The van der Waals surface area contributed by atoms with E-state index >= 15 is 0 Å². The standard InChI is InChI=1S/C9H17NO3/c1-7-4-3-5-9(7,6-13-2)10-8(11)12/h7,10H,3-6H2,1-2H3,(H,11,12). The van der Waals surface area contributed by atoms with Crippen molar-refractivity contribution in [1.29, 1.82) is 0 Å². The fraction of sp³-hybridized carbons (Fsp3) is 0.889. The first kappa shape index (κ1) is 10.3. The zero-order valence-corrected chi connectivity index (χ0v) is 8.17. The van der Waals surface area contributed by atoms with Gasteiger partial charge in [-0.1, -0.05) is 13.3 Å². The Balaban J connectivity index is 2.67. The Hall–Kier alpha value is -0.770. The normalized spacial score (nSPS) is 33.2. The average molecular weight is 187 g/mol. The van der Waals surface area contributed by atoms with E-state index in [9.17, 15) is 4.79 Å². The summed E-state index contributed by atoms with van der Waals surface area (Å²) in [4.78, 5) is 10.6. The van der Waals surface area contributed by atoms with E-state index in [0.717, 1.165) is 19.3 Å². The summed E-state index contributed by atoms with van der Waals surface area (Å²) in [6.45, 7) is 2.54. The molecule has 0 aliphatic heterocycles. The minimum absolute atomic E-state index is 0.347. The largest absolute Gasteiger partial charge is 0.465 e. The number of amides is 1. The van der Waals surface area contributed by atoms with Crippen molar-refractivity contribution >= 4 is 6.09 Å². The van der Waals surface area contributed by atoms with E-state index in [1.807, 2.05) is 0 Å². The first-order valence-corrected chi connectivity index (χ1v) is 4.61. The van der Waals surface area contributed by atoms with Gasteiger partial charge in [-0.2, -0.15) is 0 Å². The lowest BCUT2D eigenvalue weighted by Crippen LogP contribution is -2.53. The predicted molar refractivity (Wildman–Crippen MR) is 48.8 cm³/mol. The number of hydrogen-bond donors (Lipinski definition) is 2. The van der Waals surface area contributed by atoms with Gasteiger partial charge in [0.1, 0.15) is 0 Å². The average Bonchev–Trinajstić information content (AvgIpc) is 2.32. The van der Waals surface area contributed by atoms with E-state index in [2.05, 4.69) is 12.2 Å². The highest BCUT2D eigenvalue weighted by Crippen LogP contribution is 2.35. The molecule has 2 N–H and O–H groups in total. The summed E-state index contributed by atoms with van der Waals surface area (Å²) in [5, 5.41) is 11.3. The van der Waals surface area contributed by atoms with Crippen LogP contribution < -0.4 is 5.32 Å². The lowest BCUT2D eigenvalue weighted by molar-refractivity contribution is 0.0841. The second kappa shape index (κ2) is 3.96. The molecule has 0 radical (unpaired) electrons. The molecule has 2 atom stereocenters. The SMILES string of the molecule is COCC1(NC(=O)O)CCCC1C. The molecule has 1 aliphatic rings. The third-order valence-corrected chi connectivity index (χ3v) is 2.96. The molecule has 4 nitrogen and oxygen atoms in total. The number of nitrogens with one attached hydrogen (secondary N) is 1. The third kappa shape index (κ3) is 2.12. The Labute approximate surface area is 78.3 Å². The van der Waals surface area contributed by atoms with E-state index < -0.39 is 6.09 Å². The van der Waals surface area contributed by atoms with E-state index in [4.69, 9.17) is 9.84 Å². The van der Waals surface area contributed by atoms with Crippen LogP contribution in [-0.4, -0.2) is 30.5 Å². The molecule has 0 aromatic rings. The monoisotopic (exact) mass is 187 g/mol. The highest BCUT2D eigenvalue weighted by Gasteiger charge is 2.41. The van der Waals surface area contributed by atoms with Crippen molar-refractivity contribution in [2.75, 3.05) is 13.7 Å². The van der Waals surface area contributed by atoms with Crippen molar-refractivity contribution in [2.24, 2.45) is 5.92 Å². The molecular weight excluding hydrogens is 170 g/mol. The Bertz CT molecular complexity index is 195. The summed E-state index contributed by atoms with van der Waals surface area (Å²) in [5.74, 6) is 0.364. The summed E-state index contributed by atoms with van der Waals surface area (Å²) in [5.41, 5.74) is -0.347. The highest BCUT2D eigenvalue weighted by atomic mass is 16.5. The molecule has 0 aromatic carbocycles. The van der Waals surface area contributed by atoms with Crippen LogP contribution in [0.2, 0.25) is 0 Å². The van der Waals surface area contributed by atoms with Crippen molar-refractivity contribution in [2.45, 2.75) is 31.7 Å². The van der Waals surface area contributed by atoms with Crippen molar-refractivity contribution in [3.63, 3.8) is 0 Å². The predicted octanol–water partition coefficient (Wildman–Crippen LogP) is 1.46. The highest BCUT2D eigenvalue weighted by molar-refractivity contribution is 5.65. The zero-order chi connectivity index (χ0) is 9.90. The molecule has 13 heavy (non-hydrogen) atoms. The number of ether oxygens (including phenoxy) is 1. The Morgan fingerprint density at radius 3 is 2.85 bits per heavy atom. The minimum atomic E-state index is -0.953. The fourth-order valence-corrected chi connectivity index (χ4v) is 2.15. The summed E-state index contributed by atoms with van der Waals surface area (Å²) in [7, 11) is 1.61. The van der Waals surface area contributed by atoms with Gasteiger partial charge in [0, 0.05) is 7.11 Å². The van der Waals surface area contributed by atoms with Crippen molar-refractivity contribution < 1.29 is 14.6 Å². The van der Waals surface area contributed by atoms with Gasteiger partial charge < -0.3 is 15.2 Å². The van der Waals surface area contributed by atoms with Crippen LogP contribution in [0.1, 0.15) is 26.2 Å². The Morgan fingerprint density at radius 2 is 2.46 bits per heavy atom. The van der Waals surface area contributed by atoms with Gasteiger partial charge >= 0.3 is 6.09 Å². The summed E-state index contributed by atoms with van der Waals surface area (Å²) < 4.78 is 5.07. The number of methoxy groups -OCH3 is 1. The summed E-state index contributed by atoms with van der Waals surface area (Å²) in [6, 6.07) is 0. The number of carboxylic acid groups (broad SMARTS) is 1. The third-order valence-electron chi connectivity index (χ3n) is 2.96. The topological polar surface area (TPSA) is 58.6 Å². The number of rotatable bonds is 3. The van der Waals surface area contributed by atoms with Crippen LogP contribution in [0.15, 0.2) is 0 Å². The van der Waals surface area contributed by atoms with Crippen LogP contribution in [0.3, 0.4) is 0 Å². The smallest absolute Gasteiger partial charge is 0.405 e. The molecule has 4 heteroatoms. The molecular formula is C9H17NO3. The second-order valence-corrected chi connectivity index (χ2v) is 3.81. The molecule has 1 saturated carbocycles. The molecule has 1 amide bonds. The molecule has 1 rings (SSSR count). The van der Waals surface area contributed by atoms with Crippen LogP contribution in [0.4, 0.5) is 4.79 Å². The van der Waals surface area contributed by atoms with Gasteiger partial charge in [-0.25, -0.2) is 4.79 Å². The molecule has 0 bridgehead atoms. The lowest BCUT2D eigenvalue weighted by Gasteiger charge is -2.32. The Kier molecular flexibility index (Phi) is 3.14. The molecule has 0 saturated heterocycles. The van der Waals surface area contributed by atoms with E-state index in [1.54, 1.807) is 7.11 Å². The van der Waals surface area contributed by atoms with Crippen LogP contribution in [-0.2, 0) is 4.74 Å². The van der Waals surface area contributed by atoms with Gasteiger partial charge in [-0.05, 0) is 18.8 Å². The van der Waals surface area contributed by atoms with Gasteiger partial charge in [0.25, 0.3) is 0 Å². The number of carbonyl (C=O) groups is 1. The second-order valence-electron chi connectivity index (χ2n) is 3.81. The van der Waals surface area contributed by atoms with Gasteiger partial charge in [0.2, 0.25) is 0 Å². The van der Waals surface area contributed by atoms with Gasteiger partial charge in [0.05, 0.1) is 12.1 Å². The van der Waals surface area contributed by atoms with E-state index in [-0.39, 0.29) is 5.54 Å². The molecule has 2 unspecified atom stereocenters.